The van der Waals surface area contributed by atoms with E-state index in [1.807, 2.05) is 6.07 Å². The summed E-state index contributed by atoms with van der Waals surface area (Å²) in [5.74, 6) is 0. The molecule has 1 aromatic rings. The lowest BCUT2D eigenvalue weighted by Crippen LogP contribution is -2.38. The van der Waals surface area contributed by atoms with Crippen molar-refractivity contribution in [1.82, 2.24) is 4.90 Å². The van der Waals surface area contributed by atoms with E-state index in [4.69, 9.17) is 17.3 Å². The van der Waals surface area contributed by atoms with Crippen molar-refractivity contribution in [3.05, 3.63) is 33.3 Å². The zero-order valence-corrected chi connectivity index (χ0v) is 14.5. The van der Waals surface area contributed by atoms with Crippen molar-refractivity contribution in [3.63, 3.8) is 0 Å². The van der Waals surface area contributed by atoms with Crippen LogP contribution in [0.3, 0.4) is 0 Å². The predicted molar refractivity (Wildman–Crippen MR) is 90.2 cm³/mol. The Balaban J connectivity index is 2.15. The summed E-state index contributed by atoms with van der Waals surface area (Å²) >= 11 is 9.60. The van der Waals surface area contributed by atoms with Gasteiger partial charge in [-0.3, -0.25) is 4.90 Å². The molecule has 0 saturated heterocycles. The summed E-state index contributed by atoms with van der Waals surface area (Å²) in [6.07, 6.45) is 8.03. The van der Waals surface area contributed by atoms with E-state index in [0.717, 1.165) is 9.50 Å². The summed E-state index contributed by atoms with van der Waals surface area (Å²) in [7, 11) is 2.22. The van der Waals surface area contributed by atoms with E-state index in [0.29, 0.717) is 12.6 Å². The molecule has 2 rings (SSSR count). The minimum Gasteiger partial charge on any atom is -0.329 e. The third kappa shape index (κ3) is 3.97. The molecule has 0 radical (unpaired) electrons. The van der Waals surface area contributed by atoms with Crippen LogP contribution in [0.4, 0.5) is 0 Å². The number of halogens is 2. The summed E-state index contributed by atoms with van der Waals surface area (Å²) in [6, 6.07) is 7.07. The molecule has 4 heteroatoms. The van der Waals surface area contributed by atoms with Crippen LogP contribution < -0.4 is 5.73 Å². The molecule has 1 atom stereocenters. The van der Waals surface area contributed by atoms with Crippen LogP contribution in [0, 0.1) is 0 Å². The van der Waals surface area contributed by atoms with Crippen LogP contribution in [0.15, 0.2) is 22.7 Å². The molecule has 1 unspecified atom stereocenters. The zero-order chi connectivity index (χ0) is 14.5. The lowest BCUT2D eigenvalue weighted by Gasteiger charge is -2.34. The van der Waals surface area contributed by atoms with Gasteiger partial charge in [-0.25, -0.2) is 0 Å². The Bertz CT molecular complexity index is 430. The Morgan fingerprint density at radius 2 is 1.95 bits per heavy atom. The van der Waals surface area contributed by atoms with Crippen molar-refractivity contribution in [1.29, 1.82) is 0 Å². The third-order valence-corrected chi connectivity index (χ3v) is 5.66. The summed E-state index contributed by atoms with van der Waals surface area (Å²) < 4.78 is 0.949. The van der Waals surface area contributed by atoms with Crippen LogP contribution in [0.2, 0.25) is 5.02 Å². The normalized spacial score (nSPS) is 19.1. The number of nitrogens with two attached hydrogens (primary N) is 1. The number of likely N-dealkylation sites (N-methyl/N-ethyl adjacent to an activating group) is 1. The molecule has 0 amide bonds. The topological polar surface area (TPSA) is 29.3 Å². The Kier molecular flexibility index (Phi) is 6.34. The van der Waals surface area contributed by atoms with Gasteiger partial charge >= 0.3 is 0 Å². The highest BCUT2D eigenvalue weighted by Gasteiger charge is 2.24. The average Bonchev–Trinajstić information content (AvgIpc) is 2.72. The van der Waals surface area contributed by atoms with E-state index in [1.165, 1.54) is 44.1 Å². The van der Waals surface area contributed by atoms with Crippen molar-refractivity contribution < 1.29 is 0 Å². The summed E-state index contributed by atoms with van der Waals surface area (Å²) in [5, 5.41) is 0.752. The zero-order valence-electron chi connectivity index (χ0n) is 12.1. The van der Waals surface area contributed by atoms with Crippen LogP contribution in [0.5, 0.6) is 0 Å². The number of nitrogens with zero attached hydrogens (tertiary/aromatic N) is 1. The van der Waals surface area contributed by atoms with Crippen LogP contribution in [-0.4, -0.2) is 24.5 Å². The molecule has 0 heterocycles. The molecule has 2 nitrogen and oxygen atoms in total. The number of rotatable bonds is 4. The lowest BCUT2D eigenvalue weighted by molar-refractivity contribution is 0.161. The van der Waals surface area contributed by atoms with Gasteiger partial charge < -0.3 is 5.73 Å². The number of hydrogen-bond donors (Lipinski definition) is 1. The van der Waals surface area contributed by atoms with Crippen LogP contribution in [-0.2, 0) is 0 Å². The minimum absolute atomic E-state index is 0.270. The Hall–Kier alpha value is -0.0900. The van der Waals surface area contributed by atoms with Crippen LogP contribution in [0.1, 0.15) is 50.1 Å². The first-order valence-electron chi connectivity index (χ1n) is 7.50. The van der Waals surface area contributed by atoms with Crippen molar-refractivity contribution in [3.8, 4) is 0 Å². The summed E-state index contributed by atoms with van der Waals surface area (Å²) in [6.45, 7) is 0.640. The van der Waals surface area contributed by atoms with Gasteiger partial charge in [-0.05, 0) is 53.5 Å². The Morgan fingerprint density at radius 3 is 2.50 bits per heavy atom. The van der Waals surface area contributed by atoms with E-state index in [-0.39, 0.29) is 6.04 Å². The molecular formula is C16H24BrClN2. The Labute approximate surface area is 135 Å². The van der Waals surface area contributed by atoms with Crippen molar-refractivity contribution in [2.75, 3.05) is 13.6 Å². The van der Waals surface area contributed by atoms with E-state index < -0.39 is 0 Å². The summed E-state index contributed by atoms with van der Waals surface area (Å²) in [5.41, 5.74) is 7.30. The van der Waals surface area contributed by atoms with Gasteiger partial charge in [0.2, 0.25) is 0 Å². The van der Waals surface area contributed by atoms with Gasteiger partial charge in [-0.15, -0.1) is 0 Å². The quantitative estimate of drug-likeness (QED) is 0.786. The first-order valence-corrected chi connectivity index (χ1v) is 8.67. The second kappa shape index (κ2) is 7.79. The second-order valence-electron chi connectivity index (χ2n) is 5.74. The minimum atomic E-state index is 0.270. The van der Waals surface area contributed by atoms with E-state index >= 15 is 0 Å². The monoisotopic (exact) mass is 358 g/mol. The maximum atomic E-state index is 6.09. The lowest BCUT2D eigenvalue weighted by atomic mass is 10.0. The molecule has 2 N–H and O–H groups in total. The van der Waals surface area contributed by atoms with E-state index in [1.54, 1.807) is 0 Å². The fourth-order valence-electron chi connectivity index (χ4n) is 3.18. The SMILES string of the molecule is CN(C1CCCCCC1)C(CN)c1ccc(Cl)c(Br)c1. The highest BCUT2D eigenvalue weighted by Crippen LogP contribution is 2.31. The molecule has 1 aromatic carbocycles. The molecule has 0 bridgehead atoms. The van der Waals surface area contributed by atoms with Gasteiger partial charge in [-0.2, -0.15) is 0 Å². The van der Waals surface area contributed by atoms with Crippen molar-refractivity contribution in [2.24, 2.45) is 5.73 Å². The standard InChI is InChI=1S/C16H24BrClN2/c1-20(13-6-4-2-3-5-7-13)16(11-19)12-8-9-15(18)14(17)10-12/h8-10,13,16H,2-7,11,19H2,1H3. The molecule has 1 aliphatic carbocycles. The highest BCUT2D eigenvalue weighted by molar-refractivity contribution is 9.10. The molecule has 1 fully saturated rings. The molecule has 0 spiro atoms. The third-order valence-electron chi connectivity index (χ3n) is 4.44. The highest BCUT2D eigenvalue weighted by atomic mass is 79.9. The fraction of sp³-hybridized carbons (Fsp3) is 0.625. The van der Waals surface area contributed by atoms with Crippen LogP contribution in [0.25, 0.3) is 0 Å². The largest absolute Gasteiger partial charge is 0.329 e. The van der Waals surface area contributed by atoms with Crippen molar-refractivity contribution >= 4 is 27.5 Å². The fourth-order valence-corrected chi connectivity index (χ4v) is 3.69. The van der Waals surface area contributed by atoms with Crippen LogP contribution >= 0.6 is 27.5 Å². The van der Waals surface area contributed by atoms with Gasteiger partial charge in [-0.1, -0.05) is 43.4 Å². The number of hydrogen-bond acceptors (Lipinski definition) is 2. The smallest absolute Gasteiger partial charge is 0.0548 e. The maximum Gasteiger partial charge on any atom is 0.0548 e. The average molecular weight is 360 g/mol. The first kappa shape index (κ1) is 16.3. The molecule has 0 aromatic heterocycles. The van der Waals surface area contributed by atoms with Gasteiger partial charge in [0.25, 0.3) is 0 Å². The van der Waals surface area contributed by atoms with Crippen molar-refractivity contribution in [2.45, 2.75) is 50.6 Å². The predicted octanol–water partition coefficient (Wildman–Crippen LogP) is 4.76. The summed E-state index contributed by atoms with van der Waals surface area (Å²) in [4.78, 5) is 2.47. The molecule has 0 aliphatic heterocycles. The molecule has 20 heavy (non-hydrogen) atoms. The molecule has 1 aliphatic rings. The van der Waals surface area contributed by atoms with Gasteiger partial charge in [0, 0.05) is 23.1 Å². The molecule has 112 valence electrons. The van der Waals surface area contributed by atoms with E-state index in [9.17, 15) is 0 Å². The van der Waals surface area contributed by atoms with E-state index in [2.05, 4.69) is 40.0 Å². The van der Waals surface area contributed by atoms with Gasteiger partial charge in [0.05, 0.1) is 5.02 Å². The number of benzene rings is 1. The maximum absolute atomic E-state index is 6.09. The molecule has 1 saturated carbocycles. The van der Waals surface area contributed by atoms with Gasteiger partial charge in [0.1, 0.15) is 0 Å². The Morgan fingerprint density at radius 1 is 1.30 bits per heavy atom. The first-order chi connectivity index (χ1) is 9.63. The molecular weight excluding hydrogens is 336 g/mol. The second-order valence-corrected chi connectivity index (χ2v) is 7.00. The van der Waals surface area contributed by atoms with Gasteiger partial charge in [0.15, 0.2) is 0 Å².